The number of benzene rings is 2. The van der Waals surface area contributed by atoms with Gasteiger partial charge < -0.3 is 19.7 Å². The van der Waals surface area contributed by atoms with Crippen LogP contribution in [-0.4, -0.2) is 42.1 Å². The maximum Gasteiger partial charge on any atom is 0.258 e. The van der Waals surface area contributed by atoms with E-state index in [1.54, 1.807) is 0 Å². The maximum atomic E-state index is 12.2. The molecule has 6 heteroatoms. The van der Waals surface area contributed by atoms with Crippen LogP contribution in [-0.2, 0) is 11.3 Å². The molecule has 0 radical (unpaired) electrons. The number of hydrogen-bond acceptors (Lipinski definition) is 4. The molecule has 0 saturated carbocycles. The minimum atomic E-state index is -0.177. The van der Waals surface area contributed by atoms with Crippen molar-refractivity contribution in [3.8, 4) is 11.5 Å². The molecule has 1 saturated heterocycles. The molecule has 0 spiro atoms. The van der Waals surface area contributed by atoms with Gasteiger partial charge in [-0.3, -0.25) is 4.79 Å². The summed E-state index contributed by atoms with van der Waals surface area (Å²) in [6.45, 7) is 7.11. The van der Waals surface area contributed by atoms with E-state index in [0.717, 1.165) is 48.0 Å². The van der Waals surface area contributed by atoms with Gasteiger partial charge in [0.05, 0.1) is 6.61 Å². The van der Waals surface area contributed by atoms with E-state index in [1.807, 2.05) is 55.5 Å². The molecular weight excluding hydrogens is 396 g/mol. The van der Waals surface area contributed by atoms with E-state index >= 15 is 0 Å². The lowest BCUT2D eigenvalue weighted by molar-refractivity contribution is -0.123. The number of ether oxygens (including phenoxy) is 2. The van der Waals surface area contributed by atoms with E-state index in [0.29, 0.717) is 24.7 Å². The molecule has 0 atom stereocenters. The Morgan fingerprint density at radius 2 is 1.83 bits per heavy atom. The van der Waals surface area contributed by atoms with Crippen LogP contribution in [0.3, 0.4) is 0 Å². The number of hydrogen-bond donors (Lipinski definition) is 1. The Kier molecular flexibility index (Phi) is 8.08. The Morgan fingerprint density at radius 3 is 2.53 bits per heavy atom. The summed E-state index contributed by atoms with van der Waals surface area (Å²) in [6, 6.07) is 15.5. The zero-order chi connectivity index (χ0) is 21.3. The SMILES string of the molecule is CCOc1cc(C(=S)N2CCC(C)CC2)ccc1OCC(=O)NCc1ccccc1. The van der Waals surface area contributed by atoms with Crippen LogP contribution in [0.1, 0.15) is 37.8 Å². The maximum absolute atomic E-state index is 12.2. The van der Waals surface area contributed by atoms with Gasteiger partial charge in [0.25, 0.3) is 5.91 Å². The summed E-state index contributed by atoms with van der Waals surface area (Å²) in [5.74, 6) is 1.74. The Morgan fingerprint density at radius 1 is 1.10 bits per heavy atom. The molecule has 1 fully saturated rings. The van der Waals surface area contributed by atoms with Gasteiger partial charge in [-0.15, -0.1) is 0 Å². The summed E-state index contributed by atoms with van der Waals surface area (Å²) in [7, 11) is 0. The highest BCUT2D eigenvalue weighted by Crippen LogP contribution is 2.30. The van der Waals surface area contributed by atoms with Crippen molar-refractivity contribution in [3.63, 3.8) is 0 Å². The molecule has 3 rings (SSSR count). The van der Waals surface area contributed by atoms with Crippen LogP contribution in [0.25, 0.3) is 0 Å². The van der Waals surface area contributed by atoms with Gasteiger partial charge in [-0.2, -0.15) is 0 Å². The molecule has 0 unspecified atom stereocenters. The fourth-order valence-corrected chi connectivity index (χ4v) is 3.72. The molecule has 30 heavy (non-hydrogen) atoms. The average molecular weight is 427 g/mol. The first-order valence-corrected chi connectivity index (χ1v) is 11.0. The number of nitrogens with one attached hydrogen (secondary N) is 1. The summed E-state index contributed by atoms with van der Waals surface area (Å²) in [6.07, 6.45) is 2.33. The molecule has 1 amide bonds. The highest BCUT2D eigenvalue weighted by Gasteiger charge is 2.20. The zero-order valence-electron chi connectivity index (χ0n) is 17.7. The Labute approximate surface area is 184 Å². The highest BCUT2D eigenvalue weighted by molar-refractivity contribution is 7.80. The molecule has 1 aliphatic rings. The number of piperidine rings is 1. The fraction of sp³-hybridized carbons (Fsp3) is 0.417. The third-order valence-corrected chi connectivity index (χ3v) is 5.75. The number of nitrogens with zero attached hydrogens (tertiary/aromatic N) is 1. The lowest BCUT2D eigenvalue weighted by Gasteiger charge is -2.32. The summed E-state index contributed by atoms with van der Waals surface area (Å²) >= 11 is 5.72. The number of thiocarbonyl (C=S) groups is 1. The van der Waals surface area contributed by atoms with Gasteiger partial charge >= 0.3 is 0 Å². The minimum Gasteiger partial charge on any atom is -0.490 e. The van der Waals surface area contributed by atoms with Crippen LogP contribution in [0.2, 0.25) is 0 Å². The van der Waals surface area contributed by atoms with Crippen LogP contribution < -0.4 is 14.8 Å². The van der Waals surface area contributed by atoms with Crippen molar-refractivity contribution in [1.29, 1.82) is 0 Å². The van der Waals surface area contributed by atoms with Crippen LogP contribution in [0.4, 0.5) is 0 Å². The lowest BCUT2D eigenvalue weighted by atomic mass is 9.99. The fourth-order valence-electron chi connectivity index (χ4n) is 3.41. The zero-order valence-corrected chi connectivity index (χ0v) is 18.5. The van der Waals surface area contributed by atoms with Gasteiger partial charge in [-0.25, -0.2) is 0 Å². The lowest BCUT2D eigenvalue weighted by Crippen LogP contribution is -2.37. The number of carbonyl (C=O) groups is 1. The second kappa shape index (κ2) is 11.0. The second-order valence-corrected chi connectivity index (χ2v) is 8.01. The predicted molar refractivity (Wildman–Crippen MR) is 123 cm³/mol. The van der Waals surface area contributed by atoms with Gasteiger partial charge in [-0.1, -0.05) is 49.5 Å². The van der Waals surface area contributed by atoms with Crippen molar-refractivity contribution in [2.45, 2.75) is 33.2 Å². The molecule has 5 nitrogen and oxygen atoms in total. The summed E-state index contributed by atoms with van der Waals surface area (Å²) in [5.41, 5.74) is 2.00. The normalized spacial score (nSPS) is 14.3. The molecule has 1 aliphatic heterocycles. The minimum absolute atomic E-state index is 0.0687. The van der Waals surface area contributed by atoms with E-state index in [1.165, 1.54) is 0 Å². The van der Waals surface area contributed by atoms with Crippen molar-refractivity contribution in [2.75, 3.05) is 26.3 Å². The van der Waals surface area contributed by atoms with Crippen LogP contribution >= 0.6 is 12.2 Å². The molecule has 2 aromatic carbocycles. The molecule has 160 valence electrons. The summed E-state index contributed by atoms with van der Waals surface area (Å²) in [4.78, 5) is 15.3. The average Bonchev–Trinajstić information content (AvgIpc) is 2.77. The Hall–Kier alpha value is -2.60. The third kappa shape index (κ3) is 6.20. The van der Waals surface area contributed by atoms with Gasteiger partial charge in [0, 0.05) is 25.2 Å². The highest BCUT2D eigenvalue weighted by atomic mass is 32.1. The van der Waals surface area contributed by atoms with Gasteiger partial charge in [-0.05, 0) is 49.4 Å². The van der Waals surface area contributed by atoms with Crippen molar-refractivity contribution in [2.24, 2.45) is 5.92 Å². The molecule has 1 N–H and O–H groups in total. The first kappa shape index (κ1) is 22.1. The van der Waals surface area contributed by atoms with Crippen LogP contribution in [0, 0.1) is 5.92 Å². The molecule has 2 aromatic rings. The van der Waals surface area contributed by atoms with Gasteiger partial charge in [0.2, 0.25) is 0 Å². The van der Waals surface area contributed by atoms with Crippen molar-refractivity contribution in [3.05, 3.63) is 59.7 Å². The standard InChI is InChI=1S/C24H30N2O3S/c1-3-28-22-15-20(24(30)26-13-11-18(2)12-14-26)9-10-21(22)29-17-23(27)25-16-19-7-5-4-6-8-19/h4-10,15,18H,3,11-14,16-17H2,1-2H3,(H,25,27). The Bertz CT molecular complexity index is 849. The smallest absolute Gasteiger partial charge is 0.258 e. The molecular formula is C24H30N2O3S. The number of amides is 1. The number of likely N-dealkylation sites (tertiary alicyclic amines) is 1. The third-order valence-electron chi connectivity index (χ3n) is 5.25. The number of rotatable bonds is 8. The molecule has 0 bridgehead atoms. The molecule has 0 aromatic heterocycles. The van der Waals surface area contributed by atoms with Crippen molar-refractivity contribution >= 4 is 23.1 Å². The number of carbonyl (C=O) groups excluding carboxylic acids is 1. The van der Waals surface area contributed by atoms with E-state index in [-0.39, 0.29) is 12.5 Å². The first-order chi connectivity index (χ1) is 14.6. The monoisotopic (exact) mass is 426 g/mol. The van der Waals surface area contributed by atoms with E-state index in [4.69, 9.17) is 21.7 Å². The molecule has 1 heterocycles. The largest absolute Gasteiger partial charge is 0.490 e. The van der Waals surface area contributed by atoms with Gasteiger partial charge in [0.1, 0.15) is 4.99 Å². The van der Waals surface area contributed by atoms with E-state index in [2.05, 4.69) is 17.1 Å². The van der Waals surface area contributed by atoms with Gasteiger partial charge in [0.15, 0.2) is 18.1 Å². The second-order valence-electron chi connectivity index (χ2n) is 7.62. The summed E-state index contributed by atoms with van der Waals surface area (Å²) in [5, 5.41) is 2.86. The van der Waals surface area contributed by atoms with Crippen molar-refractivity contribution in [1.82, 2.24) is 10.2 Å². The summed E-state index contributed by atoms with van der Waals surface area (Å²) < 4.78 is 11.5. The van der Waals surface area contributed by atoms with E-state index in [9.17, 15) is 4.79 Å². The van der Waals surface area contributed by atoms with Crippen molar-refractivity contribution < 1.29 is 14.3 Å². The van der Waals surface area contributed by atoms with E-state index < -0.39 is 0 Å². The predicted octanol–water partition coefficient (Wildman–Crippen LogP) is 4.19. The molecule has 0 aliphatic carbocycles. The topological polar surface area (TPSA) is 50.8 Å². The Balaban J connectivity index is 1.59. The quantitative estimate of drug-likeness (QED) is 0.642. The van der Waals surface area contributed by atoms with Crippen LogP contribution in [0.15, 0.2) is 48.5 Å². The van der Waals surface area contributed by atoms with Crippen LogP contribution in [0.5, 0.6) is 11.5 Å². The first-order valence-electron chi connectivity index (χ1n) is 10.6.